The first-order valence-corrected chi connectivity index (χ1v) is 6.92. The van der Waals surface area contributed by atoms with Crippen LogP contribution < -0.4 is 10.3 Å². The van der Waals surface area contributed by atoms with Crippen LogP contribution in [0.25, 0.3) is 0 Å². The molecule has 0 bridgehead atoms. The Morgan fingerprint density at radius 2 is 1.95 bits per heavy atom. The quantitative estimate of drug-likeness (QED) is 0.795. The molecule has 0 aliphatic carbocycles. The minimum atomic E-state index is -4.46. The smallest absolute Gasteiger partial charge is 0.272 e. The van der Waals surface area contributed by atoms with E-state index in [0.29, 0.717) is 12.1 Å². The van der Waals surface area contributed by atoms with Gasteiger partial charge in [-0.15, -0.1) is 4.83 Å². The van der Waals surface area contributed by atoms with Crippen molar-refractivity contribution in [3.05, 3.63) is 54.1 Å². The van der Waals surface area contributed by atoms with Crippen molar-refractivity contribution in [2.75, 3.05) is 0 Å². The first-order valence-electron chi connectivity index (χ1n) is 5.43. The molecule has 1 amide bonds. The van der Waals surface area contributed by atoms with Gasteiger partial charge in [0.2, 0.25) is 0 Å². The highest BCUT2D eigenvalue weighted by atomic mass is 32.2. The van der Waals surface area contributed by atoms with Crippen LogP contribution in [-0.2, 0) is 10.0 Å². The van der Waals surface area contributed by atoms with Gasteiger partial charge in [0.1, 0.15) is 22.2 Å². The van der Waals surface area contributed by atoms with Gasteiger partial charge in [-0.3, -0.25) is 15.2 Å². The Morgan fingerprint density at radius 1 is 1.19 bits per heavy atom. The molecule has 0 saturated carbocycles. The van der Waals surface area contributed by atoms with Gasteiger partial charge >= 0.3 is 0 Å². The highest BCUT2D eigenvalue weighted by molar-refractivity contribution is 7.89. The second kappa shape index (κ2) is 5.89. The first-order chi connectivity index (χ1) is 9.90. The third kappa shape index (κ3) is 3.55. The average Bonchev–Trinajstić information content (AvgIpc) is 2.48. The number of carbonyl (C=O) groups excluding carboxylic acids is 1. The third-order valence-electron chi connectivity index (χ3n) is 2.28. The number of halogens is 2. The van der Waals surface area contributed by atoms with E-state index >= 15 is 0 Å². The maximum absolute atomic E-state index is 13.4. The molecule has 1 heterocycles. The highest BCUT2D eigenvalue weighted by Crippen LogP contribution is 2.14. The number of carbonyl (C=O) groups is 1. The molecule has 2 N–H and O–H groups in total. The van der Waals surface area contributed by atoms with E-state index in [-0.39, 0.29) is 5.69 Å². The SMILES string of the molecule is O=C(NNS(=O)(=O)c1cc(F)ccc1F)c1cnccn1. The summed E-state index contributed by atoms with van der Waals surface area (Å²) in [5, 5.41) is 0. The zero-order chi connectivity index (χ0) is 15.5. The summed E-state index contributed by atoms with van der Waals surface area (Å²) < 4.78 is 49.9. The molecule has 0 radical (unpaired) electrons. The Kier molecular flexibility index (Phi) is 4.19. The Bertz CT molecular complexity index is 768. The van der Waals surface area contributed by atoms with E-state index in [4.69, 9.17) is 0 Å². The minimum Gasteiger partial charge on any atom is -0.272 e. The zero-order valence-corrected chi connectivity index (χ0v) is 11.1. The van der Waals surface area contributed by atoms with Gasteiger partial charge in [0.25, 0.3) is 15.9 Å². The second-order valence-electron chi connectivity index (χ2n) is 3.73. The minimum absolute atomic E-state index is 0.153. The second-order valence-corrected chi connectivity index (χ2v) is 5.38. The number of sulfonamides is 1. The van der Waals surface area contributed by atoms with E-state index in [2.05, 4.69) is 9.97 Å². The first kappa shape index (κ1) is 14.9. The maximum atomic E-state index is 13.4. The van der Waals surface area contributed by atoms with E-state index in [1.165, 1.54) is 12.4 Å². The number of rotatable bonds is 4. The van der Waals surface area contributed by atoms with Gasteiger partial charge < -0.3 is 0 Å². The Morgan fingerprint density at radius 3 is 2.62 bits per heavy atom. The standard InChI is InChI=1S/C11H8F2N4O3S/c12-7-1-2-8(13)10(5-7)21(19,20)17-16-11(18)9-6-14-3-4-15-9/h1-6,17H,(H,16,18). The lowest BCUT2D eigenvalue weighted by Gasteiger charge is -2.08. The number of hydrogen-bond donors (Lipinski definition) is 2. The van der Waals surface area contributed by atoms with Crippen LogP contribution in [0.5, 0.6) is 0 Å². The van der Waals surface area contributed by atoms with Crippen molar-refractivity contribution >= 4 is 15.9 Å². The summed E-state index contributed by atoms with van der Waals surface area (Å²) in [5.41, 5.74) is 1.66. The van der Waals surface area contributed by atoms with Crippen LogP contribution in [0.4, 0.5) is 8.78 Å². The van der Waals surface area contributed by atoms with Crippen LogP contribution >= 0.6 is 0 Å². The summed E-state index contributed by atoms with van der Waals surface area (Å²) in [5.74, 6) is -2.99. The fourth-order valence-electron chi connectivity index (χ4n) is 1.33. The van der Waals surface area contributed by atoms with E-state index in [1.807, 2.05) is 5.43 Å². The number of amides is 1. The van der Waals surface area contributed by atoms with E-state index < -0.39 is 32.5 Å². The predicted molar refractivity (Wildman–Crippen MR) is 66.2 cm³/mol. The molecule has 0 aliphatic rings. The Balaban J connectivity index is 2.15. The van der Waals surface area contributed by atoms with Crippen molar-refractivity contribution in [2.45, 2.75) is 4.90 Å². The number of nitrogens with one attached hydrogen (secondary N) is 2. The van der Waals surface area contributed by atoms with Crippen LogP contribution in [-0.4, -0.2) is 24.3 Å². The summed E-state index contributed by atoms with van der Waals surface area (Å²) >= 11 is 0. The normalized spacial score (nSPS) is 11.1. The molecule has 2 rings (SSSR count). The molecule has 0 aliphatic heterocycles. The predicted octanol–water partition coefficient (Wildman–Crippen LogP) is 0.378. The number of benzene rings is 1. The summed E-state index contributed by atoms with van der Waals surface area (Å²) in [6.45, 7) is 0. The zero-order valence-electron chi connectivity index (χ0n) is 10.2. The number of hydrazine groups is 1. The molecule has 0 unspecified atom stereocenters. The topological polar surface area (TPSA) is 101 Å². The van der Waals surface area contributed by atoms with E-state index in [1.54, 1.807) is 4.83 Å². The van der Waals surface area contributed by atoms with Crippen LogP contribution in [0.15, 0.2) is 41.7 Å². The van der Waals surface area contributed by atoms with Gasteiger partial charge in [0.05, 0.1) is 6.20 Å². The number of aromatic nitrogens is 2. The van der Waals surface area contributed by atoms with Gasteiger partial charge in [-0.2, -0.15) is 0 Å². The lowest BCUT2D eigenvalue weighted by molar-refractivity contribution is 0.0939. The summed E-state index contributed by atoms with van der Waals surface area (Å²) in [6.07, 6.45) is 3.66. The lowest BCUT2D eigenvalue weighted by atomic mass is 10.3. The Labute approximate surface area is 118 Å². The lowest BCUT2D eigenvalue weighted by Crippen LogP contribution is -2.42. The van der Waals surface area contributed by atoms with Gasteiger partial charge in [-0.25, -0.2) is 22.2 Å². The van der Waals surface area contributed by atoms with Crippen LogP contribution in [0, 0.1) is 11.6 Å². The summed E-state index contributed by atoms with van der Waals surface area (Å²) in [6, 6.07) is 1.92. The molecule has 0 saturated heterocycles. The van der Waals surface area contributed by atoms with Crippen LogP contribution in [0.1, 0.15) is 10.5 Å². The molecular weight excluding hydrogens is 306 g/mol. The monoisotopic (exact) mass is 314 g/mol. The van der Waals surface area contributed by atoms with Crippen molar-refractivity contribution in [2.24, 2.45) is 0 Å². The number of hydrogen-bond acceptors (Lipinski definition) is 5. The van der Waals surface area contributed by atoms with E-state index in [0.717, 1.165) is 12.3 Å². The molecule has 7 nitrogen and oxygen atoms in total. The van der Waals surface area contributed by atoms with Crippen LogP contribution in [0.2, 0.25) is 0 Å². The summed E-state index contributed by atoms with van der Waals surface area (Å²) in [7, 11) is -4.46. The molecule has 21 heavy (non-hydrogen) atoms. The highest BCUT2D eigenvalue weighted by Gasteiger charge is 2.21. The fraction of sp³-hybridized carbons (Fsp3) is 0. The molecule has 10 heteroatoms. The molecule has 110 valence electrons. The van der Waals surface area contributed by atoms with Gasteiger partial charge in [0, 0.05) is 12.4 Å². The van der Waals surface area contributed by atoms with Gasteiger partial charge in [-0.1, -0.05) is 0 Å². The molecule has 1 aromatic heterocycles. The van der Waals surface area contributed by atoms with Crippen LogP contribution in [0.3, 0.4) is 0 Å². The average molecular weight is 314 g/mol. The van der Waals surface area contributed by atoms with Crippen molar-refractivity contribution in [1.29, 1.82) is 0 Å². The van der Waals surface area contributed by atoms with Crippen molar-refractivity contribution < 1.29 is 22.0 Å². The molecular formula is C11H8F2N4O3S. The van der Waals surface area contributed by atoms with Gasteiger partial charge in [0.15, 0.2) is 0 Å². The van der Waals surface area contributed by atoms with E-state index in [9.17, 15) is 22.0 Å². The molecule has 1 aromatic carbocycles. The molecule has 0 fully saturated rings. The van der Waals surface area contributed by atoms with Gasteiger partial charge in [-0.05, 0) is 18.2 Å². The van der Waals surface area contributed by atoms with Crippen molar-refractivity contribution in [1.82, 2.24) is 20.2 Å². The third-order valence-corrected chi connectivity index (χ3v) is 3.54. The molecule has 2 aromatic rings. The maximum Gasteiger partial charge on any atom is 0.286 e. The largest absolute Gasteiger partial charge is 0.286 e. The molecule has 0 spiro atoms. The molecule has 0 atom stereocenters. The van der Waals surface area contributed by atoms with Crippen molar-refractivity contribution in [3.63, 3.8) is 0 Å². The fourth-order valence-corrected chi connectivity index (χ4v) is 2.26. The number of nitrogens with zero attached hydrogens (tertiary/aromatic N) is 2. The van der Waals surface area contributed by atoms with Crippen molar-refractivity contribution in [3.8, 4) is 0 Å². The Hall–Kier alpha value is -2.46. The summed E-state index contributed by atoms with van der Waals surface area (Å²) in [4.78, 5) is 19.5.